The first-order valence-corrected chi connectivity index (χ1v) is 6.00. The maximum Gasteiger partial charge on any atom is 0.337 e. The number of carboxylic acid groups (broad SMARTS) is 1. The summed E-state index contributed by atoms with van der Waals surface area (Å²) < 4.78 is 23.0. The lowest BCUT2D eigenvalue weighted by molar-refractivity contribution is 0.0698. The molecule has 0 aliphatic heterocycles. The lowest BCUT2D eigenvalue weighted by Gasteiger charge is -2.05. The van der Waals surface area contributed by atoms with Gasteiger partial charge in [-0.2, -0.15) is 0 Å². The number of hydrogen-bond acceptors (Lipinski definition) is 5. The molecule has 88 valence electrons. The summed E-state index contributed by atoms with van der Waals surface area (Å²) in [7, 11) is -3.60. The minimum atomic E-state index is -3.60. The third-order valence-corrected chi connectivity index (χ3v) is 3.66. The molecule has 0 bridgehead atoms. The van der Waals surface area contributed by atoms with Crippen LogP contribution in [0.4, 0.5) is 5.69 Å². The van der Waals surface area contributed by atoms with Gasteiger partial charge in [0, 0.05) is 5.69 Å². The Morgan fingerprint density at radius 2 is 2.00 bits per heavy atom. The van der Waals surface area contributed by atoms with Crippen LogP contribution in [0.3, 0.4) is 0 Å². The molecule has 16 heavy (non-hydrogen) atoms. The first kappa shape index (κ1) is 12.5. The second-order valence-electron chi connectivity index (χ2n) is 3.10. The van der Waals surface area contributed by atoms with Crippen molar-refractivity contribution in [1.82, 2.24) is 0 Å². The van der Waals surface area contributed by atoms with E-state index in [1.165, 1.54) is 0 Å². The number of nitrogens with two attached hydrogens (primary N) is 1. The second kappa shape index (κ2) is 4.50. The quantitative estimate of drug-likeness (QED) is 0.628. The Bertz CT molecular complexity index is 509. The molecule has 0 aliphatic rings. The van der Waals surface area contributed by atoms with Crippen molar-refractivity contribution < 1.29 is 23.4 Å². The average molecular weight is 245 g/mol. The summed E-state index contributed by atoms with van der Waals surface area (Å²) >= 11 is 0. The Morgan fingerprint density at radius 3 is 2.44 bits per heavy atom. The topological polar surface area (TPSA) is 118 Å². The van der Waals surface area contributed by atoms with Gasteiger partial charge in [-0.25, -0.2) is 13.2 Å². The number of hydrogen-bond donors (Lipinski definition) is 3. The zero-order chi connectivity index (χ0) is 12.3. The van der Waals surface area contributed by atoms with Crippen molar-refractivity contribution >= 4 is 21.5 Å². The third kappa shape index (κ3) is 2.50. The molecule has 0 amide bonds. The minimum absolute atomic E-state index is 0.0935. The molecule has 6 nitrogen and oxygen atoms in total. The van der Waals surface area contributed by atoms with Crippen molar-refractivity contribution in [1.29, 1.82) is 0 Å². The van der Waals surface area contributed by atoms with E-state index in [4.69, 9.17) is 15.9 Å². The third-order valence-electron chi connectivity index (χ3n) is 1.97. The first-order chi connectivity index (χ1) is 7.38. The van der Waals surface area contributed by atoms with E-state index < -0.39 is 28.2 Å². The van der Waals surface area contributed by atoms with Crippen molar-refractivity contribution in [3.8, 4) is 0 Å². The normalized spacial score (nSPS) is 11.3. The van der Waals surface area contributed by atoms with Crippen molar-refractivity contribution in [2.45, 2.75) is 4.90 Å². The molecule has 4 N–H and O–H groups in total. The number of carboxylic acids is 1. The summed E-state index contributed by atoms with van der Waals surface area (Å²) in [6.07, 6.45) is 0. The standard InChI is InChI=1S/C9H11NO5S/c10-8-5-6(16(14,15)4-3-11)1-2-7(8)9(12)13/h1-2,5,11H,3-4,10H2,(H,12,13). The predicted octanol–water partition coefficient (Wildman–Crippen LogP) is -0.267. The number of benzene rings is 1. The molecule has 0 saturated heterocycles. The number of aliphatic hydroxyl groups excluding tert-OH is 1. The fourth-order valence-corrected chi connectivity index (χ4v) is 2.23. The van der Waals surface area contributed by atoms with E-state index in [0.717, 1.165) is 18.2 Å². The van der Waals surface area contributed by atoms with Crippen LogP contribution in [-0.2, 0) is 9.84 Å². The summed E-state index contributed by atoms with van der Waals surface area (Å²) in [6.45, 7) is -0.497. The number of nitrogen functional groups attached to an aromatic ring is 1. The highest BCUT2D eigenvalue weighted by Crippen LogP contribution is 2.19. The molecule has 1 aromatic carbocycles. The molecule has 0 aromatic heterocycles. The van der Waals surface area contributed by atoms with E-state index in [9.17, 15) is 13.2 Å². The number of anilines is 1. The molecule has 1 aromatic rings. The molecular weight excluding hydrogens is 234 g/mol. The minimum Gasteiger partial charge on any atom is -0.478 e. The highest BCUT2D eigenvalue weighted by Gasteiger charge is 2.16. The van der Waals surface area contributed by atoms with Gasteiger partial charge < -0.3 is 15.9 Å². The molecule has 0 aliphatic carbocycles. The zero-order valence-corrected chi connectivity index (χ0v) is 9.07. The van der Waals surface area contributed by atoms with Crippen LogP contribution in [0.5, 0.6) is 0 Å². The molecule has 0 atom stereocenters. The second-order valence-corrected chi connectivity index (χ2v) is 5.21. The monoisotopic (exact) mass is 245 g/mol. The van der Waals surface area contributed by atoms with Crippen molar-refractivity contribution in [2.75, 3.05) is 18.1 Å². The Labute approximate surface area is 92.2 Å². The van der Waals surface area contributed by atoms with E-state index >= 15 is 0 Å². The Morgan fingerprint density at radius 1 is 1.38 bits per heavy atom. The number of aromatic carboxylic acids is 1. The predicted molar refractivity (Wildman–Crippen MR) is 57.0 cm³/mol. The zero-order valence-electron chi connectivity index (χ0n) is 8.25. The number of sulfone groups is 1. The summed E-state index contributed by atoms with van der Waals surface area (Å²) in [6, 6.07) is 3.36. The van der Waals surface area contributed by atoms with Crippen LogP contribution >= 0.6 is 0 Å². The van der Waals surface area contributed by atoms with Crippen molar-refractivity contribution in [3.05, 3.63) is 23.8 Å². The van der Waals surface area contributed by atoms with Gasteiger partial charge in [0.25, 0.3) is 0 Å². The summed E-state index contributed by atoms with van der Waals surface area (Å²) in [5.74, 6) is -1.64. The van der Waals surface area contributed by atoms with Gasteiger partial charge in [0.1, 0.15) is 0 Å². The van der Waals surface area contributed by atoms with E-state index in [1.807, 2.05) is 0 Å². The number of carbonyl (C=O) groups is 1. The lowest BCUT2D eigenvalue weighted by atomic mass is 10.2. The molecule has 0 radical (unpaired) electrons. The molecule has 0 fully saturated rings. The molecule has 0 heterocycles. The maximum atomic E-state index is 11.5. The first-order valence-electron chi connectivity index (χ1n) is 4.35. The van der Waals surface area contributed by atoms with Crippen LogP contribution < -0.4 is 5.73 Å². The van der Waals surface area contributed by atoms with Gasteiger partial charge in [-0.1, -0.05) is 0 Å². The highest BCUT2D eigenvalue weighted by atomic mass is 32.2. The molecule has 0 saturated carbocycles. The van der Waals surface area contributed by atoms with Gasteiger partial charge in [-0.15, -0.1) is 0 Å². The van der Waals surface area contributed by atoms with Gasteiger partial charge in [0.15, 0.2) is 9.84 Å². The van der Waals surface area contributed by atoms with Gasteiger partial charge in [-0.3, -0.25) is 0 Å². The van der Waals surface area contributed by atoms with Crippen molar-refractivity contribution in [2.24, 2.45) is 0 Å². The van der Waals surface area contributed by atoms with Crippen LogP contribution in [-0.4, -0.2) is 37.0 Å². The maximum absolute atomic E-state index is 11.5. The fourth-order valence-electron chi connectivity index (χ4n) is 1.17. The summed E-state index contributed by atoms with van der Waals surface area (Å²) in [4.78, 5) is 10.5. The molecular formula is C9H11NO5S. The highest BCUT2D eigenvalue weighted by molar-refractivity contribution is 7.91. The fraction of sp³-hybridized carbons (Fsp3) is 0.222. The molecule has 1 rings (SSSR count). The number of rotatable bonds is 4. The van der Waals surface area contributed by atoms with Gasteiger partial charge in [0.05, 0.1) is 22.8 Å². The average Bonchev–Trinajstić information content (AvgIpc) is 2.16. The Balaban J connectivity index is 3.21. The largest absolute Gasteiger partial charge is 0.478 e. The molecule has 0 unspecified atom stereocenters. The lowest BCUT2D eigenvalue weighted by Crippen LogP contribution is -2.11. The van der Waals surface area contributed by atoms with E-state index in [-0.39, 0.29) is 16.1 Å². The van der Waals surface area contributed by atoms with E-state index in [1.54, 1.807) is 0 Å². The van der Waals surface area contributed by atoms with Crippen LogP contribution in [0.25, 0.3) is 0 Å². The van der Waals surface area contributed by atoms with E-state index in [0.29, 0.717) is 0 Å². The van der Waals surface area contributed by atoms with Gasteiger partial charge in [0.2, 0.25) is 0 Å². The van der Waals surface area contributed by atoms with E-state index in [2.05, 4.69) is 0 Å². The number of aliphatic hydroxyl groups is 1. The smallest absolute Gasteiger partial charge is 0.337 e. The SMILES string of the molecule is Nc1cc(S(=O)(=O)CCO)ccc1C(=O)O. The van der Waals surface area contributed by atoms with Crippen LogP contribution in [0, 0.1) is 0 Å². The summed E-state index contributed by atoms with van der Waals surface area (Å²) in [5.41, 5.74) is 5.14. The van der Waals surface area contributed by atoms with Crippen LogP contribution in [0.1, 0.15) is 10.4 Å². The van der Waals surface area contributed by atoms with Gasteiger partial charge in [-0.05, 0) is 18.2 Å². The van der Waals surface area contributed by atoms with Gasteiger partial charge >= 0.3 is 5.97 Å². The summed E-state index contributed by atoms with van der Waals surface area (Å²) in [5, 5.41) is 17.3. The Kier molecular flexibility index (Phi) is 3.51. The van der Waals surface area contributed by atoms with Crippen LogP contribution in [0.2, 0.25) is 0 Å². The molecule has 7 heteroatoms. The Hall–Kier alpha value is -1.60. The van der Waals surface area contributed by atoms with Crippen molar-refractivity contribution in [3.63, 3.8) is 0 Å². The molecule has 0 spiro atoms. The van der Waals surface area contributed by atoms with Crippen LogP contribution in [0.15, 0.2) is 23.1 Å².